The lowest BCUT2D eigenvalue weighted by Crippen LogP contribution is -2.36. The lowest BCUT2D eigenvalue weighted by molar-refractivity contribution is -0.00427. The molecule has 4 rings (SSSR count). The summed E-state index contributed by atoms with van der Waals surface area (Å²) in [4.78, 5) is 11.3. The first-order valence-electron chi connectivity index (χ1n) is 9.62. The number of piperidine rings is 1. The van der Waals surface area contributed by atoms with Gasteiger partial charge in [-0.3, -0.25) is 9.88 Å². The molecule has 146 valence electrons. The summed E-state index contributed by atoms with van der Waals surface area (Å²) in [5.41, 5.74) is 3.02. The van der Waals surface area contributed by atoms with Gasteiger partial charge in [-0.1, -0.05) is 23.7 Å². The third-order valence-electron chi connectivity index (χ3n) is 5.08. The van der Waals surface area contributed by atoms with Gasteiger partial charge in [-0.25, -0.2) is 4.98 Å². The van der Waals surface area contributed by atoms with Crippen molar-refractivity contribution in [3.05, 3.63) is 70.8 Å². The van der Waals surface area contributed by atoms with Gasteiger partial charge in [0.05, 0.1) is 18.4 Å². The van der Waals surface area contributed by atoms with E-state index in [4.69, 9.17) is 25.7 Å². The lowest BCUT2D eigenvalue weighted by atomic mass is 10.1. The highest BCUT2D eigenvalue weighted by Crippen LogP contribution is 2.26. The van der Waals surface area contributed by atoms with Crippen LogP contribution in [0.2, 0.25) is 5.02 Å². The van der Waals surface area contributed by atoms with Crippen molar-refractivity contribution in [2.75, 3.05) is 13.1 Å². The Morgan fingerprint density at radius 3 is 2.82 bits per heavy atom. The molecule has 1 aliphatic heterocycles. The number of benzene rings is 1. The Kier molecular flexibility index (Phi) is 6.05. The van der Waals surface area contributed by atoms with Crippen LogP contribution < -0.4 is 0 Å². The van der Waals surface area contributed by atoms with Gasteiger partial charge in [0.15, 0.2) is 0 Å². The van der Waals surface area contributed by atoms with Crippen molar-refractivity contribution in [1.29, 1.82) is 0 Å². The van der Waals surface area contributed by atoms with Crippen LogP contribution in [0.15, 0.2) is 53.2 Å². The number of pyridine rings is 1. The van der Waals surface area contributed by atoms with Crippen molar-refractivity contribution in [1.82, 2.24) is 14.9 Å². The minimum atomic E-state index is 0.303. The van der Waals surface area contributed by atoms with Crippen molar-refractivity contribution < 1.29 is 9.15 Å². The average molecular weight is 398 g/mol. The molecule has 1 aromatic carbocycles. The monoisotopic (exact) mass is 397 g/mol. The first kappa shape index (κ1) is 19.1. The van der Waals surface area contributed by atoms with Crippen LogP contribution in [-0.4, -0.2) is 34.1 Å². The Labute approximate surface area is 170 Å². The van der Waals surface area contributed by atoms with Crippen molar-refractivity contribution in [3.63, 3.8) is 0 Å². The largest absolute Gasteiger partial charge is 0.441 e. The summed E-state index contributed by atoms with van der Waals surface area (Å²) >= 11 is 6.08. The smallest absolute Gasteiger partial charge is 0.226 e. The van der Waals surface area contributed by atoms with Gasteiger partial charge in [0.25, 0.3) is 0 Å². The Hall–Kier alpha value is -2.21. The summed E-state index contributed by atoms with van der Waals surface area (Å²) < 4.78 is 11.9. The zero-order valence-corrected chi connectivity index (χ0v) is 16.7. The molecule has 2 aromatic heterocycles. The van der Waals surface area contributed by atoms with E-state index in [1.54, 1.807) is 6.20 Å². The van der Waals surface area contributed by atoms with Crippen LogP contribution in [0, 0.1) is 6.92 Å². The second-order valence-corrected chi connectivity index (χ2v) is 7.62. The van der Waals surface area contributed by atoms with Crippen molar-refractivity contribution >= 4 is 11.6 Å². The number of halogens is 1. The molecule has 3 aromatic rings. The molecule has 0 amide bonds. The zero-order valence-electron chi connectivity index (χ0n) is 16.0. The van der Waals surface area contributed by atoms with E-state index in [2.05, 4.69) is 9.88 Å². The van der Waals surface area contributed by atoms with Gasteiger partial charge in [-0.2, -0.15) is 0 Å². The highest BCUT2D eigenvalue weighted by molar-refractivity contribution is 6.30. The van der Waals surface area contributed by atoms with Gasteiger partial charge >= 0.3 is 0 Å². The minimum Gasteiger partial charge on any atom is -0.441 e. The number of oxazole rings is 1. The van der Waals surface area contributed by atoms with Crippen LogP contribution in [0.25, 0.3) is 11.5 Å². The van der Waals surface area contributed by atoms with Gasteiger partial charge in [-0.05, 0) is 49.6 Å². The number of nitrogens with zero attached hydrogens (tertiary/aromatic N) is 3. The van der Waals surface area contributed by atoms with E-state index >= 15 is 0 Å². The quantitative estimate of drug-likeness (QED) is 0.593. The molecule has 28 heavy (non-hydrogen) atoms. The van der Waals surface area contributed by atoms with Gasteiger partial charge in [0.1, 0.15) is 5.76 Å². The van der Waals surface area contributed by atoms with E-state index in [0.717, 1.165) is 55.1 Å². The van der Waals surface area contributed by atoms with Crippen molar-refractivity contribution in [3.8, 4) is 11.5 Å². The molecule has 0 atom stereocenters. The number of hydrogen-bond acceptors (Lipinski definition) is 5. The lowest BCUT2D eigenvalue weighted by Gasteiger charge is -2.31. The number of ether oxygens (including phenoxy) is 1. The number of aromatic nitrogens is 2. The number of rotatable bonds is 6. The Morgan fingerprint density at radius 2 is 2.07 bits per heavy atom. The molecule has 1 fully saturated rings. The standard InChI is InChI=1S/C22H24ClN3O2/c1-16-21(25-22(28-16)18-5-2-6-19(23)12-18)14-26-10-7-20(8-11-26)27-15-17-4-3-9-24-13-17/h2-6,9,12-13,20H,7-8,10-11,14-15H2,1H3. The fourth-order valence-corrected chi connectivity index (χ4v) is 3.65. The summed E-state index contributed by atoms with van der Waals surface area (Å²) in [7, 11) is 0. The van der Waals surface area contributed by atoms with Crippen molar-refractivity contribution in [2.24, 2.45) is 0 Å². The predicted octanol–water partition coefficient (Wildman–Crippen LogP) is 4.88. The molecule has 0 saturated carbocycles. The zero-order chi connectivity index (χ0) is 19.3. The molecule has 0 radical (unpaired) electrons. The predicted molar refractivity (Wildman–Crippen MR) is 109 cm³/mol. The maximum atomic E-state index is 6.08. The summed E-state index contributed by atoms with van der Waals surface area (Å²) in [6.07, 6.45) is 6.00. The second kappa shape index (κ2) is 8.86. The van der Waals surface area contributed by atoms with Gasteiger partial charge < -0.3 is 9.15 Å². The molecular formula is C22H24ClN3O2. The first-order valence-corrected chi connectivity index (χ1v) is 10.0. The number of hydrogen-bond donors (Lipinski definition) is 0. The second-order valence-electron chi connectivity index (χ2n) is 7.18. The third kappa shape index (κ3) is 4.79. The van der Waals surface area contributed by atoms with Crippen LogP contribution in [-0.2, 0) is 17.9 Å². The molecule has 5 nitrogen and oxygen atoms in total. The van der Waals surface area contributed by atoms with Gasteiger partial charge in [0.2, 0.25) is 5.89 Å². The normalized spacial score (nSPS) is 15.8. The maximum Gasteiger partial charge on any atom is 0.226 e. The van der Waals surface area contributed by atoms with E-state index in [0.29, 0.717) is 23.6 Å². The molecule has 0 unspecified atom stereocenters. The van der Waals surface area contributed by atoms with Crippen LogP contribution in [0.3, 0.4) is 0 Å². The van der Waals surface area contributed by atoms with Gasteiger partial charge in [-0.15, -0.1) is 0 Å². The van der Waals surface area contributed by atoms with E-state index in [1.165, 1.54) is 0 Å². The third-order valence-corrected chi connectivity index (χ3v) is 5.32. The number of likely N-dealkylation sites (tertiary alicyclic amines) is 1. The SMILES string of the molecule is Cc1oc(-c2cccc(Cl)c2)nc1CN1CCC(OCc2cccnc2)CC1. The molecule has 1 saturated heterocycles. The van der Waals surface area contributed by atoms with Crippen LogP contribution in [0.4, 0.5) is 0 Å². The highest BCUT2D eigenvalue weighted by Gasteiger charge is 2.22. The van der Waals surface area contributed by atoms with E-state index in [-0.39, 0.29) is 0 Å². The molecule has 3 heterocycles. The molecule has 0 aliphatic carbocycles. The summed E-state index contributed by atoms with van der Waals surface area (Å²) in [5.74, 6) is 1.50. The summed E-state index contributed by atoms with van der Waals surface area (Å²) in [6, 6.07) is 11.6. The summed E-state index contributed by atoms with van der Waals surface area (Å²) in [5, 5.41) is 0.684. The first-order chi connectivity index (χ1) is 13.7. The topological polar surface area (TPSA) is 51.4 Å². The fourth-order valence-electron chi connectivity index (χ4n) is 3.46. The molecule has 1 aliphatic rings. The van der Waals surface area contributed by atoms with Crippen molar-refractivity contribution in [2.45, 2.75) is 39.0 Å². The summed E-state index contributed by atoms with van der Waals surface area (Å²) in [6.45, 7) is 5.39. The van der Waals surface area contributed by atoms with Gasteiger partial charge in [0, 0.05) is 42.6 Å². The highest BCUT2D eigenvalue weighted by atomic mass is 35.5. The van der Waals surface area contributed by atoms with E-state index < -0.39 is 0 Å². The maximum absolute atomic E-state index is 6.08. The number of aryl methyl sites for hydroxylation is 1. The van der Waals surface area contributed by atoms with E-state index in [1.807, 2.05) is 49.5 Å². The molecule has 0 N–H and O–H groups in total. The molecule has 0 spiro atoms. The Balaban J connectivity index is 1.30. The van der Waals surface area contributed by atoms with Crippen LogP contribution in [0.5, 0.6) is 0 Å². The average Bonchev–Trinajstić information content (AvgIpc) is 3.09. The Morgan fingerprint density at radius 1 is 1.21 bits per heavy atom. The molecule has 6 heteroatoms. The van der Waals surface area contributed by atoms with Crippen LogP contribution in [0.1, 0.15) is 29.9 Å². The molecule has 0 bridgehead atoms. The fraction of sp³-hybridized carbons (Fsp3) is 0.364. The minimum absolute atomic E-state index is 0.303. The van der Waals surface area contributed by atoms with E-state index in [9.17, 15) is 0 Å². The molecular weight excluding hydrogens is 374 g/mol. The van der Waals surface area contributed by atoms with Crippen LogP contribution >= 0.6 is 11.6 Å². The Bertz CT molecular complexity index is 905.